The van der Waals surface area contributed by atoms with Crippen molar-refractivity contribution < 1.29 is 4.39 Å². The Bertz CT molecular complexity index is 965. The van der Waals surface area contributed by atoms with Gasteiger partial charge >= 0.3 is 0 Å². The highest BCUT2D eigenvalue weighted by Crippen LogP contribution is 2.32. The molecule has 0 saturated carbocycles. The number of likely N-dealkylation sites (tertiary alicyclic amines) is 1. The summed E-state index contributed by atoms with van der Waals surface area (Å²) in [7, 11) is 0. The number of aromatic nitrogens is 2. The Morgan fingerprint density at radius 2 is 2.20 bits per heavy atom. The smallest absolute Gasteiger partial charge is 0.258 e. The number of aryl methyl sites for hydroxylation is 1. The summed E-state index contributed by atoms with van der Waals surface area (Å²) in [4.78, 5) is 21.1. The molecule has 3 aromatic rings. The Hall–Kier alpha value is -2.05. The second kappa shape index (κ2) is 6.69. The van der Waals surface area contributed by atoms with Crippen LogP contribution in [0.25, 0.3) is 4.96 Å². The molecule has 0 amide bonds. The summed E-state index contributed by atoms with van der Waals surface area (Å²) in [6.07, 6.45) is 5.08. The Morgan fingerprint density at radius 3 is 3.04 bits per heavy atom. The van der Waals surface area contributed by atoms with E-state index in [1.165, 1.54) is 17.4 Å². The van der Waals surface area contributed by atoms with Crippen molar-refractivity contribution in [3.05, 3.63) is 68.8 Å². The van der Waals surface area contributed by atoms with E-state index in [2.05, 4.69) is 9.88 Å². The van der Waals surface area contributed by atoms with Gasteiger partial charge in [-0.25, -0.2) is 9.37 Å². The van der Waals surface area contributed by atoms with Crippen LogP contribution in [-0.4, -0.2) is 20.8 Å². The molecule has 4 rings (SSSR count). The number of nitrogens with zero attached hydrogens (tertiary/aromatic N) is 3. The molecule has 6 heteroatoms. The third kappa shape index (κ3) is 3.37. The lowest BCUT2D eigenvalue weighted by Gasteiger charge is -2.35. The van der Waals surface area contributed by atoms with E-state index in [-0.39, 0.29) is 17.4 Å². The summed E-state index contributed by atoms with van der Waals surface area (Å²) in [5, 5.41) is 0. The van der Waals surface area contributed by atoms with Crippen LogP contribution in [0, 0.1) is 12.7 Å². The summed E-state index contributed by atoms with van der Waals surface area (Å²) in [5.41, 5.74) is 1.75. The Labute approximate surface area is 149 Å². The Kier molecular flexibility index (Phi) is 4.39. The zero-order chi connectivity index (χ0) is 17.4. The molecular formula is C19H20FN3OS. The normalized spacial score (nSPS) is 18.7. The third-order valence-corrected chi connectivity index (χ3v) is 5.65. The average Bonchev–Trinajstić information content (AvgIpc) is 2.96. The summed E-state index contributed by atoms with van der Waals surface area (Å²) in [5.74, 6) is -0.199. The monoisotopic (exact) mass is 357 g/mol. The number of rotatable bonds is 3. The van der Waals surface area contributed by atoms with Gasteiger partial charge in [-0.15, -0.1) is 11.3 Å². The second-order valence-corrected chi connectivity index (χ2v) is 7.83. The minimum atomic E-state index is -0.199. The van der Waals surface area contributed by atoms with Gasteiger partial charge in [0, 0.05) is 29.7 Å². The minimum Gasteiger partial charge on any atom is -0.291 e. The van der Waals surface area contributed by atoms with Crippen LogP contribution in [-0.2, 0) is 6.54 Å². The number of benzene rings is 1. The minimum absolute atomic E-state index is 0.0383. The van der Waals surface area contributed by atoms with E-state index < -0.39 is 0 Å². The number of piperidine rings is 1. The van der Waals surface area contributed by atoms with Crippen LogP contribution in [0.2, 0.25) is 0 Å². The Morgan fingerprint density at radius 1 is 1.32 bits per heavy atom. The first kappa shape index (κ1) is 16.4. The van der Waals surface area contributed by atoms with E-state index in [1.807, 2.05) is 19.2 Å². The van der Waals surface area contributed by atoms with Gasteiger partial charge in [-0.3, -0.25) is 14.1 Å². The molecule has 3 heterocycles. The van der Waals surface area contributed by atoms with E-state index in [9.17, 15) is 9.18 Å². The summed E-state index contributed by atoms with van der Waals surface area (Å²) in [6, 6.07) is 8.65. The quantitative estimate of drug-likeness (QED) is 0.713. The van der Waals surface area contributed by atoms with E-state index in [0.717, 1.165) is 46.9 Å². The van der Waals surface area contributed by atoms with Gasteiger partial charge in [-0.2, -0.15) is 0 Å². The van der Waals surface area contributed by atoms with Gasteiger partial charge in [0.25, 0.3) is 5.56 Å². The molecule has 25 heavy (non-hydrogen) atoms. The van der Waals surface area contributed by atoms with Crippen molar-refractivity contribution in [2.24, 2.45) is 0 Å². The first-order valence-corrected chi connectivity index (χ1v) is 9.40. The number of fused-ring (bicyclic) bond motifs is 1. The molecule has 0 N–H and O–H groups in total. The highest BCUT2D eigenvalue weighted by atomic mass is 32.1. The number of hydrogen-bond acceptors (Lipinski definition) is 4. The van der Waals surface area contributed by atoms with E-state index in [0.29, 0.717) is 6.54 Å². The topological polar surface area (TPSA) is 37.6 Å². The van der Waals surface area contributed by atoms with Crippen molar-refractivity contribution >= 4 is 16.3 Å². The number of hydrogen-bond donors (Lipinski definition) is 0. The summed E-state index contributed by atoms with van der Waals surface area (Å²) >= 11 is 1.53. The third-order valence-electron chi connectivity index (χ3n) is 4.75. The van der Waals surface area contributed by atoms with Crippen molar-refractivity contribution in [2.45, 2.75) is 38.8 Å². The largest absolute Gasteiger partial charge is 0.291 e. The first-order valence-electron chi connectivity index (χ1n) is 8.58. The van der Waals surface area contributed by atoms with Crippen molar-refractivity contribution in [2.75, 3.05) is 6.54 Å². The van der Waals surface area contributed by atoms with E-state index in [4.69, 9.17) is 0 Å². The van der Waals surface area contributed by atoms with Crippen molar-refractivity contribution in [3.63, 3.8) is 0 Å². The van der Waals surface area contributed by atoms with E-state index >= 15 is 0 Å². The van der Waals surface area contributed by atoms with Crippen LogP contribution < -0.4 is 5.56 Å². The Balaban J connectivity index is 1.64. The number of halogens is 1. The number of thiazole rings is 1. The molecular weight excluding hydrogens is 337 g/mol. The molecule has 0 radical (unpaired) electrons. The molecule has 1 aliphatic heterocycles. The molecule has 1 atom stereocenters. The van der Waals surface area contributed by atoms with Gasteiger partial charge in [0.15, 0.2) is 4.96 Å². The molecule has 0 bridgehead atoms. The van der Waals surface area contributed by atoms with E-state index in [1.54, 1.807) is 22.6 Å². The molecule has 1 fully saturated rings. The molecule has 2 aromatic heterocycles. The predicted octanol–water partition coefficient (Wildman–Crippen LogP) is 3.93. The van der Waals surface area contributed by atoms with Gasteiger partial charge in [-0.05, 0) is 44.0 Å². The van der Waals surface area contributed by atoms with Crippen LogP contribution in [0.3, 0.4) is 0 Å². The van der Waals surface area contributed by atoms with Gasteiger partial charge in [-0.1, -0.05) is 18.6 Å². The van der Waals surface area contributed by atoms with Crippen LogP contribution in [0.15, 0.2) is 41.3 Å². The summed E-state index contributed by atoms with van der Waals surface area (Å²) < 4.78 is 15.2. The highest BCUT2D eigenvalue weighted by molar-refractivity contribution is 7.16. The SMILES string of the molecule is Cc1cn2c(=O)cc(CN3CCCC[C@@H]3c3cccc(F)c3)nc2s1. The van der Waals surface area contributed by atoms with Crippen molar-refractivity contribution in [1.82, 2.24) is 14.3 Å². The lowest BCUT2D eigenvalue weighted by atomic mass is 9.95. The van der Waals surface area contributed by atoms with Gasteiger partial charge in [0.1, 0.15) is 5.82 Å². The molecule has 0 unspecified atom stereocenters. The lowest BCUT2D eigenvalue weighted by Crippen LogP contribution is -2.33. The fraction of sp³-hybridized carbons (Fsp3) is 0.368. The molecule has 1 saturated heterocycles. The van der Waals surface area contributed by atoms with Crippen LogP contribution in [0.4, 0.5) is 4.39 Å². The van der Waals surface area contributed by atoms with Gasteiger partial charge in [0.2, 0.25) is 0 Å². The molecule has 0 aliphatic carbocycles. The molecule has 1 aromatic carbocycles. The van der Waals surface area contributed by atoms with Crippen molar-refractivity contribution in [1.29, 1.82) is 0 Å². The molecule has 130 valence electrons. The average molecular weight is 357 g/mol. The predicted molar refractivity (Wildman–Crippen MR) is 97.5 cm³/mol. The van der Waals surface area contributed by atoms with Gasteiger partial charge in [0.05, 0.1) is 5.69 Å². The highest BCUT2D eigenvalue weighted by Gasteiger charge is 2.25. The van der Waals surface area contributed by atoms with Crippen LogP contribution in [0.5, 0.6) is 0 Å². The second-order valence-electron chi connectivity index (χ2n) is 6.62. The van der Waals surface area contributed by atoms with Crippen LogP contribution in [0.1, 0.15) is 41.4 Å². The maximum atomic E-state index is 13.6. The summed E-state index contributed by atoms with van der Waals surface area (Å²) in [6.45, 7) is 3.53. The molecule has 0 spiro atoms. The molecule has 4 nitrogen and oxygen atoms in total. The zero-order valence-electron chi connectivity index (χ0n) is 14.1. The maximum Gasteiger partial charge on any atom is 0.258 e. The van der Waals surface area contributed by atoms with Crippen LogP contribution >= 0.6 is 11.3 Å². The van der Waals surface area contributed by atoms with Crippen molar-refractivity contribution in [3.8, 4) is 0 Å². The fourth-order valence-electron chi connectivity index (χ4n) is 3.62. The molecule has 1 aliphatic rings. The standard InChI is InChI=1S/C19H20FN3OS/c1-13-11-23-18(24)10-16(21-19(23)25-13)12-22-8-3-2-7-17(22)14-5-4-6-15(20)9-14/h4-6,9-11,17H,2-3,7-8,12H2,1H3/t17-/m1/s1. The maximum absolute atomic E-state index is 13.6. The first-order chi connectivity index (χ1) is 12.1. The fourth-order valence-corrected chi connectivity index (χ4v) is 4.47. The van der Waals surface area contributed by atoms with Gasteiger partial charge < -0.3 is 0 Å². The lowest BCUT2D eigenvalue weighted by molar-refractivity contribution is 0.138. The zero-order valence-corrected chi connectivity index (χ0v) is 14.9.